The SMILES string of the molecule is CC(C)(C)c1ccc(-c2cccc(N3c4ccccc4C4(c5ccccc5N(c5ccc(-c6ccccc6)cc5)c5ccccc54)c4cc(-c5ccccc5)ccc43)c2)cc1. The second kappa shape index (κ2) is 14.4. The molecule has 2 aliphatic rings. The van der Waals surface area contributed by atoms with Crippen LogP contribution < -0.4 is 9.80 Å². The summed E-state index contributed by atoms with van der Waals surface area (Å²) in [5.74, 6) is 0. The van der Waals surface area contributed by atoms with Crippen LogP contribution in [0.4, 0.5) is 34.1 Å². The van der Waals surface area contributed by atoms with Gasteiger partial charge in [0, 0.05) is 11.4 Å². The highest BCUT2D eigenvalue weighted by atomic mass is 15.2. The molecule has 9 aromatic carbocycles. The Bertz CT molecular complexity index is 3000. The molecule has 2 heterocycles. The van der Waals surface area contributed by atoms with Crippen LogP contribution in [-0.4, -0.2) is 0 Å². The van der Waals surface area contributed by atoms with Crippen LogP contribution in [0.15, 0.2) is 224 Å². The Morgan fingerprint density at radius 1 is 0.295 bits per heavy atom. The van der Waals surface area contributed by atoms with Crippen molar-refractivity contribution < 1.29 is 0 Å². The molecule has 0 atom stereocenters. The Kier molecular flexibility index (Phi) is 8.65. The van der Waals surface area contributed by atoms with E-state index >= 15 is 0 Å². The lowest BCUT2D eigenvalue weighted by atomic mass is 9.60. The van der Waals surface area contributed by atoms with E-state index in [1.807, 2.05) is 0 Å². The lowest BCUT2D eigenvalue weighted by Crippen LogP contribution is -2.42. The smallest absolute Gasteiger partial charge is 0.0783 e. The topological polar surface area (TPSA) is 6.48 Å². The number of anilines is 6. The first-order valence-electron chi connectivity index (χ1n) is 21.3. The molecule has 11 rings (SSSR count). The lowest BCUT2D eigenvalue weighted by Gasteiger charge is -2.51. The minimum Gasteiger partial charge on any atom is -0.310 e. The monoisotopic (exact) mass is 782 g/mol. The van der Waals surface area contributed by atoms with Gasteiger partial charge in [-0.3, -0.25) is 0 Å². The minimum absolute atomic E-state index is 0.0938. The van der Waals surface area contributed by atoms with Crippen LogP contribution in [0.1, 0.15) is 48.6 Å². The van der Waals surface area contributed by atoms with Crippen LogP contribution >= 0.6 is 0 Å². The fourth-order valence-electron chi connectivity index (χ4n) is 9.91. The van der Waals surface area contributed by atoms with Crippen molar-refractivity contribution in [3.8, 4) is 33.4 Å². The summed E-state index contributed by atoms with van der Waals surface area (Å²) < 4.78 is 0. The maximum atomic E-state index is 2.50. The third-order valence-electron chi connectivity index (χ3n) is 12.8. The summed E-state index contributed by atoms with van der Waals surface area (Å²) in [5.41, 5.74) is 20.0. The Labute approximate surface area is 359 Å². The summed E-state index contributed by atoms with van der Waals surface area (Å²) in [6.45, 7) is 6.81. The van der Waals surface area contributed by atoms with Crippen LogP contribution in [-0.2, 0) is 10.8 Å². The van der Waals surface area contributed by atoms with Crippen molar-refractivity contribution in [3.05, 3.63) is 252 Å². The first kappa shape index (κ1) is 36.6. The second-order valence-electron chi connectivity index (χ2n) is 17.4. The number of fused-ring (bicyclic) bond motifs is 8. The average Bonchev–Trinajstić information content (AvgIpc) is 3.32. The van der Waals surface area contributed by atoms with E-state index in [0.29, 0.717) is 0 Å². The van der Waals surface area contributed by atoms with Gasteiger partial charge < -0.3 is 9.80 Å². The molecular weight excluding hydrogens is 737 g/mol. The van der Waals surface area contributed by atoms with Gasteiger partial charge in [0.25, 0.3) is 0 Å². The fraction of sp³-hybridized carbons (Fsp3) is 0.0847. The summed E-state index contributed by atoms with van der Waals surface area (Å²) in [7, 11) is 0. The van der Waals surface area contributed by atoms with E-state index in [-0.39, 0.29) is 5.41 Å². The molecule has 2 heteroatoms. The van der Waals surface area contributed by atoms with Gasteiger partial charge in [-0.15, -0.1) is 0 Å². The highest BCUT2D eigenvalue weighted by Gasteiger charge is 2.52. The summed E-state index contributed by atoms with van der Waals surface area (Å²) in [4.78, 5) is 4.96. The van der Waals surface area contributed by atoms with Crippen molar-refractivity contribution in [3.63, 3.8) is 0 Å². The van der Waals surface area contributed by atoms with Crippen LogP contribution in [0, 0.1) is 0 Å². The normalized spacial score (nSPS) is 13.6. The molecule has 0 amide bonds. The predicted molar refractivity (Wildman–Crippen MR) is 256 cm³/mol. The van der Waals surface area contributed by atoms with E-state index in [0.717, 1.165) is 11.4 Å². The number of para-hydroxylation sites is 3. The Balaban J connectivity index is 1.15. The van der Waals surface area contributed by atoms with E-state index in [4.69, 9.17) is 0 Å². The third-order valence-corrected chi connectivity index (χ3v) is 12.8. The number of nitrogens with zero attached hydrogens (tertiary/aromatic N) is 2. The van der Waals surface area contributed by atoms with Gasteiger partial charge in [0.05, 0.1) is 28.2 Å². The minimum atomic E-state index is -0.638. The number of benzene rings is 9. The molecule has 2 nitrogen and oxygen atoms in total. The van der Waals surface area contributed by atoms with Gasteiger partial charge in [0.1, 0.15) is 0 Å². The Morgan fingerprint density at radius 3 is 1.25 bits per heavy atom. The molecule has 0 aromatic heterocycles. The van der Waals surface area contributed by atoms with Gasteiger partial charge >= 0.3 is 0 Å². The molecule has 292 valence electrons. The highest BCUT2D eigenvalue weighted by Crippen LogP contribution is 2.64. The van der Waals surface area contributed by atoms with Crippen LogP contribution in [0.3, 0.4) is 0 Å². The van der Waals surface area contributed by atoms with Crippen molar-refractivity contribution in [1.82, 2.24) is 0 Å². The lowest BCUT2D eigenvalue weighted by molar-refractivity contribution is 0.590. The van der Waals surface area contributed by atoms with Crippen molar-refractivity contribution in [2.24, 2.45) is 0 Å². The first-order valence-corrected chi connectivity index (χ1v) is 21.3. The quantitative estimate of drug-likeness (QED) is 0.172. The van der Waals surface area contributed by atoms with Crippen molar-refractivity contribution in [2.45, 2.75) is 31.6 Å². The van der Waals surface area contributed by atoms with Gasteiger partial charge in [0.2, 0.25) is 0 Å². The second-order valence-corrected chi connectivity index (χ2v) is 17.4. The van der Waals surface area contributed by atoms with Crippen LogP contribution in [0.5, 0.6) is 0 Å². The molecule has 0 saturated heterocycles. The molecule has 1 spiro atoms. The average molecular weight is 783 g/mol. The highest BCUT2D eigenvalue weighted by molar-refractivity contribution is 5.97. The van der Waals surface area contributed by atoms with Gasteiger partial charge in [-0.2, -0.15) is 0 Å². The van der Waals surface area contributed by atoms with Crippen molar-refractivity contribution in [2.75, 3.05) is 9.80 Å². The van der Waals surface area contributed by atoms with Crippen molar-refractivity contribution in [1.29, 1.82) is 0 Å². The molecule has 0 aliphatic carbocycles. The zero-order valence-corrected chi connectivity index (χ0v) is 34.8. The predicted octanol–water partition coefficient (Wildman–Crippen LogP) is 15.9. The molecule has 0 fully saturated rings. The number of rotatable bonds is 5. The van der Waals surface area contributed by atoms with Crippen LogP contribution in [0.2, 0.25) is 0 Å². The maximum Gasteiger partial charge on any atom is 0.0783 e. The Hall–Kier alpha value is -7.42. The van der Waals surface area contributed by atoms with E-state index in [2.05, 4.69) is 255 Å². The third kappa shape index (κ3) is 5.93. The summed E-state index contributed by atoms with van der Waals surface area (Å²) in [5, 5.41) is 0. The maximum absolute atomic E-state index is 2.50. The van der Waals surface area contributed by atoms with Gasteiger partial charge in [0.15, 0.2) is 0 Å². The molecule has 0 unspecified atom stereocenters. The van der Waals surface area contributed by atoms with E-state index in [9.17, 15) is 0 Å². The molecule has 0 bridgehead atoms. The molecule has 0 saturated carbocycles. The van der Waals surface area contributed by atoms with Crippen molar-refractivity contribution >= 4 is 34.1 Å². The molecule has 0 N–H and O–H groups in total. The van der Waals surface area contributed by atoms with Gasteiger partial charge in [-0.25, -0.2) is 0 Å². The first-order chi connectivity index (χ1) is 29.9. The standard InChI is InChI=1S/C59H46N2/c1-58(2,3)47-34-29-44(30-35-47)45-21-16-22-49(39-45)61-56-28-15-12-25-52(56)59(53-40-46(33-38-57(53)61)42-19-8-5-9-20-42)50-23-10-13-26-54(50)60(55-27-14-11-24-51(55)59)48-36-31-43(32-37-48)41-17-6-4-7-18-41/h4-40H,1-3H3. The fourth-order valence-corrected chi connectivity index (χ4v) is 9.91. The van der Waals surface area contributed by atoms with E-state index in [1.54, 1.807) is 0 Å². The molecule has 0 radical (unpaired) electrons. The summed E-state index contributed by atoms with van der Waals surface area (Å²) in [6, 6.07) is 83.1. The molecular formula is C59H46N2. The molecule has 61 heavy (non-hydrogen) atoms. The largest absolute Gasteiger partial charge is 0.310 e. The Morgan fingerprint density at radius 2 is 0.689 bits per heavy atom. The summed E-state index contributed by atoms with van der Waals surface area (Å²) >= 11 is 0. The zero-order chi connectivity index (χ0) is 41.1. The van der Waals surface area contributed by atoms with Gasteiger partial charge in [-0.05, 0) is 121 Å². The van der Waals surface area contributed by atoms with E-state index in [1.165, 1.54) is 83.9 Å². The molecule has 9 aromatic rings. The number of hydrogen-bond donors (Lipinski definition) is 0. The van der Waals surface area contributed by atoms with Gasteiger partial charge in [-0.1, -0.05) is 191 Å². The summed E-state index contributed by atoms with van der Waals surface area (Å²) in [6.07, 6.45) is 0. The molecule has 2 aliphatic heterocycles. The number of hydrogen-bond acceptors (Lipinski definition) is 2. The van der Waals surface area contributed by atoms with E-state index < -0.39 is 5.41 Å². The zero-order valence-electron chi connectivity index (χ0n) is 34.8. The van der Waals surface area contributed by atoms with Crippen LogP contribution in [0.25, 0.3) is 33.4 Å².